The monoisotopic (exact) mass is 361 g/mol. The second kappa shape index (κ2) is 10.1. The second-order valence-electron chi connectivity index (χ2n) is 5.48. The number of aliphatic carboxylic acids is 1. The maximum Gasteiger partial charge on any atom is 0.323 e. The molecule has 0 spiro atoms. The van der Waals surface area contributed by atoms with Gasteiger partial charge in [-0.15, -0.1) is 0 Å². The standard InChI is InChI=1S/C19H20FNO5/c20-16-8-6-15(7-9-16)12-21(13-19(23)24)18(22)14-25-10-11-26-17-4-2-1-3-5-17/h1-9H,10-14H2,(H,23,24). The van der Waals surface area contributed by atoms with E-state index in [4.69, 9.17) is 14.6 Å². The average molecular weight is 361 g/mol. The lowest BCUT2D eigenvalue weighted by Crippen LogP contribution is -2.37. The molecule has 7 heteroatoms. The molecule has 0 heterocycles. The lowest BCUT2D eigenvalue weighted by Gasteiger charge is -2.21. The number of carbonyl (C=O) groups excluding carboxylic acids is 1. The summed E-state index contributed by atoms with van der Waals surface area (Å²) in [4.78, 5) is 24.3. The fourth-order valence-corrected chi connectivity index (χ4v) is 2.19. The molecule has 138 valence electrons. The first-order valence-corrected chi connectivity index (χ1v) is 8.04. The molecule has 0 bridgehead atoms. The van der Waals surface area contributed by atoms with Gasteiger partial charge in [0.05, 0.1) is 6.61 Å². The summed E-state index contributed by atoms with van der Waals surface area (Å²) in [6.45, 7) is -0.186. The summed E-state index contributed by atoms with van der Waals surface area (Å²) in [5.74, 6) is -1.29. The van der Waals surface area contributed by atoms with Crippen LogP contribution in [-0.4, -0.2) is 48.2 Å². The van der Waals surface area contributed by atoms with Crippen molar-refractivity contribution in [3.05, 3.63) is 66.0 Å². The Labute approximate surface area is 150 Å². The molecule has 0 saturated carbocycles. The molecule has 1 amide bonds. The van der Waals surface area contributed by atoms with Gasteiger partial charge >= 0.3 is 5.97 Å². The molecule has 0 unspecified atom stereocenters. The summed E-state index contributed by atoms with van der Waals surface area (Å²) in [6.07, 6.45) is 0. The maximum absolute atomic E-state index is 12.9. The SMILES string of the molecule is O=C(O)CN(Cc1ccc(F)cc1)C(=O)COCCOc1ccccc1. The Morgan fingerprint density at radius 2 is 1.69 bits per heavy atom. The lowest BCUT2D eigenvalue weighted by atomic mass is 10.2. The van der Waals surface area contributed by atoms with E-state index < -0.39 is 24.2 Å². The minimum atomic E-state index is -1.13. The quantitative estimate of drug-likeness (QED) is 0.658. The zero-order valence-electron chi connectivity index (χ0n) is 14.1. The van der Waals surface area contributed by atoms with E-state index in [0.717, 1.165) is 4.90 Å². The van der Waals surface area contributed by atoms with E-state index in [2.05, 4.69) is 0 Å². The van der Waals surface area contributed by atoms with Crippen LogP contribution in [0.3, 0.4) is 0 Å². The predicted molar refractivity (Wildman–Crippen MR) is 92.2 cm³/mol. The third-order valence-electron chi connectivity index (χ3n) is 3.43. The lowest BCUT2D eigenvalue weighted by molar-refractivity contribution is -0.147. The molecule has 0 radical (unpaired) electrons. The first-order chi connectivity index (χ1) is 12.5. The molecule has 2 aromatic rings. The third kappa shape index (κ3) is 6.90. The number of hydrogen-bond donors (Lipinski definition) is 1. The number of ether oxygens (including phenoxy) is 2. The summed E-state index contributed by atoms with van der Waals surface area (Å²) in [5, 5.41) is 8.98. The number of carboxylic acids is 1. The highest BCUT2D eigenvalue weighted by molar-refractivity contribution is 5.82. The molecule has 26 heavy (non-hydrogen) atoms. The van der Waals surface area contributed by atoms with E-state index in [1.807, 2.05) is 30.3 Å². The van der Waals surface area contributed by atoms with Crippen LogP contribution in [0.25, 0.3) is 0 Å². The van der Waals surface area contributed by atoms with Crippen molar-refractivity contribution in [2.75, 3.05) is 26.4 Å². The molecular formula is C19H20FNO5. The van der Waals surface area contributed by atoms with Crippen molar-refractivity contribution in [2.45, 2.75) is 6.54 Å². The number of amides is 1. The predicted octanol–water partition coefficient (Wildman–Crippen LogP) is 2.33. The molecule has 0 atom stereocenters. The fourth-order valence-electron chi connectivity index (χ4n) is 2.19. The van der Waals surface area contributed by atoms with Crippen LogP contribution in [0.5, 0.6) is 5.75 Å². The number of carbonyl (C=O) groups is 2. The van der Waals surface area contributed by atoms with Crippen LogP contribution in [0.1, 0.15) is 5.56 Å². The topological polar surface area (TPSA) is 76.1 Å². The number of para-hydroxylation sites is 1. The Kier molecular flexibility index (Phi) is 7.57. The minimum absolute atomic E-state index is 0.0648. The van der Waals surface area contributed by atoms with Crippen LogP contribution < -0.4 is 4.74 Å². The summed E-state index contributed by atoms with van der Waals surface area (Å²) < 4.78 is 23.7. The van der Waals surface area contributed by atoms with Crippen molar-refractivity contribution < 1.29 is 28.6 Å². The molecule has 0 fully saturated rings. The van der Waals surface area contributed by atoms with Gasteiger partial charge < -0.3 is 19.5 Å². The largest absolute Gasteiger partial charge is 0.491 e. The Morgan fingerprint density at radius 1 is 1.00 bits per heavy atom. The van der Waals surface area contributed by atoms with Crippen molar-refractivity contribution in [3.8, 4) is 5.75 Å². The van der Waals surface area contributed by atoms with Gasteiger partial charge in [-0.25, -0.2) is 4.39 Å². The number of halogens is 1. The van der Waals surface area contributed by atoms with Gasteiger partial charge in [-0.2, -0.15) is 0 Å². The Morgan fingerprint density at radius 3 is 2.35 bits per heavy atom. The van der Waals surface area contributed by atoms with Crippen LogP contribution in [0, 0.1) is 5.82 Å². The van der Waals surface area contributed by atoms with Crippen molar-refractivity contribution >= 4 is 11.9 Å². The van der Waals surface area contributed by atoms with Gasteiger partial charge in [-0.3, -0.25) is 9.59 Å². The first-order valence-electron chi connectivity index (χ1n) is 8.04. The van der Waals surface area contributed by atoms with Crippen LogP contribution in [-0.2, 0) is 20.9 Å². The van der Waals surface area contributed by atoms with Crippen LogP contribution >= 0.6 is 0 Å². The minimum Gasteiger partial charge on any atom is -0.491 e. The van der Waals surface area contributed by atoms with Crippen LogP contribution in [0.2, 0.25) is 0 Å². The van der Waals surface area contributed by atoms with Gasteiger partial charge in [-0.1, -0.05) is 30.3 Å². The number of nitrogens with zero attached hydrogens (tertiary/aromatic N) is 1. The highest BCUT2D eigenvalue weighted by Gasteiger charge is 2.17. The smallest absolute Gasteiger partial charge is 0.323 e. The third-order valence-corrected chi connectivity index (χ3v) is 3.43. The van der Waals surface area contributed by atoms with Gasteiger partial charge in [0.1, 0.15) is 31.3 Å². The molecule has 0 aromatic heterocycles. The van der Waals surface area contributed by atoms with E-state index in [9.17, 15) is 14.0 Å². The number of carboxylic acid groups (broad SMARTS) is 1. The van der Waals surface area contributed by atoms with E-state index in [0.29, 0.717) is 11.3 Å². The average Bonchev–Trinajstić information content (AvgIpc) is 2.63. The summed E-state index contributed by atoms with van der Waals surface area (Å²) in [6, 6.07) is 14.7. The van der Waals surface area contributed by atoms with Crippen molar-refractivity contribution in [1.29, 1.82) is 0 Å². The molecule has 0 aliphatic rings. The highest BCUT2D eigenvalue weighted by Crippen LogP contribution is 2.09. The Balaban J connectivity index is 1.78. The zero-order valence-corrected chi connectivity index (χ0v) is 14.1. The molecule has 2 rings (SSSR count). The zero-order chi connectivity index (χ0) is 18.8. The maximum atomic E-state index is 12.9. The molecule has 6 nitrogen and oxygen atoms in total. The highest BCUT2D eigenvalue weighted by atomic mass is 19.1. The molecule has 2 aromatic carbocycles. The second-order valence-corrected chi connectivity index (χ2v) is 5.48. The van der Waals surface area contributed by atoms with Crippen molar-refractivity contribution in [1.82, 2.24) is 4.90 Å². The van der Waals surface area contributed by atoms with Crippen LogP contribution in [0.4, 0.5) is 4.39 Å². The van der Waals surface area contributed by atoms with Gasteiger partial charge in [0, 0.05) is 6.54 Å². The van der Waals surface area contributed by atoms with Gasteiger partial charge in [0.2, 0.25) is 5.91 Å². The summed E-state index contributed by atoms with van der Waals surface area (Å²) in [5.41, 5.74) is 0.633. The fraction of sp³-hybridized carbons (Fsp3) is 0.263. The van der Waals surface area contributed by atoms with Gasteiger partial charge in [0.25, 0.3) is 0 Å². The molecule has 0 saturated heterocycles. The Bertz CT molecular complexity index is 706. The summed E-state index contributed by atoms with van der Waals surface area (Å²) in [7, 11) is 0. The van der Waals surface area contributed by atoms with E-state index in [1.165, 1.54) is 24.3 Å². The Hall–Kier alpha value is -2.93. The number of benzene rings is 2. The molecular weight excluding hydrogens is 341 g/mol. The first kappa shape index (κ1) is 19.4. The molecule has 0 aliphatic heterocycles. The van der Waals surface area contributed by atoms with E-state index >= 15 is 0 Å². The van der Waals surface area contributed by atoms with Crippen molar-refractivity contribution in [2.24, 2.45) is 0 Å². The number of hydrogen-bond acceptors (Lipinski definition) is 4. The van der Waals surface area contributed by atoms with E-state index in [-0.39, 0.29) is 26.4 Å². The summed E-state index contributed by atoms with van der Waals surface area (Å²) >= 11 is 0. The van der Waals surface area contributed by atoms with E-state index in [1.54, 1.807) is 0 Å². The van der Waals surface area contributed by atoms with Crippen LogP contribution in [0.15, 0.2) is 54.6 Å². The van der Waals surface area contributed by atoms with Gasteiger partial charge in [0.15, 0.2) is 0 Å². The van der Waals surface area contributed by atoms with Gasteiger partial charge in [-0.05, 0) is 29.8 Å². The molecule has 1 N–H and O–H groups in total. The van der Waals surface area contributed by atoms with Crippen molar-refractivity contribution in [3.63, 3.8) is 0 Å². The normalized spacial score (nSPS) is 10.3. The molecule has 0 aliphatic carbocycles. The number of rotatable bonds is 10.